The summed E-state index contributed by atoms with van der Waals surface area (Å²) in [5.74, 6) is -1.14. The van der Waals surface area contributed by atoms with Gasteiger partial charge in [-0.05, 0) is 60.5 Å². The van der Waals surface area contributed by atoms with E-state index in [0.29, 0.717) is 17.7 Å². The quantitative estimate of drug-likeness (QED) is 0.280. The molecule has 3 heterocycles. The first-order chi connectivity index (χ1) is 18.9. The van der Waals surface area contributed by atoms with Gasteiger partial charge in [0.1, 0.15) is 23.3 Å². The number of urea groups is 1. The van der Waals surface area contributed by atoms with Gasteiger partial charge in [-0.2, -0.15) is 5.10 Å². The number of hydrogen-bond donors (Lipinski definition) is 1. The van der Waals surface area contributed by atoms with Gasteiger partial charge in [0.15, 0.2) is 0 Å². The Balaban J connectivity index is 1.56. The predicted molar refractivity (Wildman–Crippen MR) is 141 cm³/mol. The topological polar surface area (TPSA) is 55.1 Å². The molecule has 9 heteroatoms. The molecule has 0 aliphatic carbocycles. The van der Waals surface area contributed by atoms with Crippen molar-refractivity contribution in [3.8, 4) is 11.5 Å². The maximum absolute atomic E-state index is 14.5. The lowest BCUT2D eigenvalue weighted by molar-refractivity contribution is 0.194. The molecule has 1 atom stereocenters. The summed E-state index contributed by atoms with van der Waals surface area (Å²) >= 11 is 0. The van der Waals surface area contributed by atoms with Crippen LogP contribution in [0.25, 0.3) is 11.5 Å². The Morgan fingerprint density at radius 3 is 2.51 bits per heavy atom. The second-order valence-electron chi connectivity index (χ2n) is 9.29. The van der Waals surface area contributed by atoms with E-state index in [9.17, 15) is 18.0 Å². The zero-order valence-electron chi connectivity index (χ0n) is 21.0. The van der Waals surface area contributed by atoms with Crippen LogP contribution in [0.3, 0.4) is 0 Å². The third kappa shape index (κ3) is 4.35. The number of carbonyl (C=O) groups is 1. The average Bonchev–Trinajstić information content (AvgIpc) is 3.52. The molecule has 0 bridgehead atoms. The number of rotatable bonds is 4. The lowest BCUT2D eigenvalue weighted by Gasteiger charge is -2.31. The summed E-state index contributed by atoms with van der Waals surface area (Å²) in [5, 5.41) is 7.42. The second kappa shape index (κ2) is 9.83. The highest BCUT2D eigenvalue weighted by molar-refractivity contribution is 5.90. The first-order valence-corrected chi connectivity index (χ1v) is 12.6. The molecule has 6 nitrogen and oxygen atoms in total. The van der Waals surface area contributed by atoms with Crippen molar-refractivity contribution in [1.82, 2.24) is 19.2 Å². The smallest absolute Gasteiger partial charge is 0.307 e. The van der Waals surface area contributed by atoms with E-state index in [1.165, 1.54) is 17.0 Å². The summed E-state index contributed by atoms with van der Waals surface area (Å²) in [7, 11) is 0. The minimum Gasteiger partial charge on any atom is -0.307 e. The molecule has 39 heavy (non-hydrogen) atoms. The van der Waals surface area contributed by atoms with E-state index < -0.39 is 29.5 Å². The summed E-state index contributed by atoms with van der Waals surface area (Å²) in [4.78, 5) is 15.4. The van der Waals surface area contributed by atoms with Crippen molar-refractivity contribution in [2.75, 3.05) is 5.32 Å². The Hall–Kier alpha value is -4.79. The van der Waals surface area contributed by atoms with Crippen LogP contribution >= 0.6 is 0 Å². The highest BCUT2D eigenvalue weighted by Gasteiger charge is 2.36. The molecule has 3 aromatic carbocycles. The first-order valence-electron chi connectivity index (χ1n) is 12.6. The number of anilines is 1. The van der Waals surface area contributed by atoms with Crippen molar-refractivity contribution >= 4 is 11.7 Å². The van der Waals surface area contributed by atoms with Crippen LogP contribution in [0, 0.1) is 17.5 Å². The number of halogens is 3. The Morgan fingerprint density at radius 1 is 0.949 bits per heavy atom. The van der Waals surface area contributed by atoms with Gasteiger partial charge in [0, 0.05) is 17.8 Å². The van der Waals surface area contributed by atoms with Crippen molar-refractivity contribution in [3.63, 3.8) is 0 Å². The van der Waals surface area contributed by atoms with Crippen LogP contribution in [0.5, 0.6) is 0 Å². The molecule has 1 aliphatic rings. The number of aromatic nitrogens is 3. The number of carbonyl (C=O) groups excluding carboxylic acids is 1. The van der Waals surface area contributed by atoms with Crippen LogP contribution in [-0.2, 0) is 13.0 Å². The van der Waals surface area contributed by atoms with Crippen molar-refractivity contribution in [1.29, 1.82) is 0 Å². The van der Waals surface area contributed by atoms with E-state index in [-0.39, 0.29) is 12.2 Å². The van der Waals surface area contributed by atoms with E-state index >= 15 is 0 Å². The normalized spacial score (nSPS) is 14.5. The van der Waals surface area contributed by atoms with Gasteiger partial charge in [0.2, 0.25) is 0 Å². The summed E-state index contributed by atoms with van der Waals surface area (Å²) in [6, 6.07) is 20.9. The van der Waals surface area contributed by atoms with Crippen LogP contribution in [-0.4, -0.2) is 25.3 Å². The lowest BCUT2D eigenvalue weighted by Crippen LogP contribution is -2.38. The van der Waals surface area contributed by atoms with Crippen molar-refractivity contribution in [3.05, 3.63) is 131 Å². The van der Waals surface area contributed by atoms with E-state index in [0.717, 1.165) is 41.0 Å². The van der Waals surface area contributed by atoms with Gasteiger partial charge in [-0.1, -0.05) is 37.3 Å². The molecule has 196 valence electrons. The number of fused-ring (bicyclic) bond motifs is 3. The molecule has 1 N–H and O–H groups in total. The average molecular weight is 528 g/mol. The highest BCUT2D eigenvalue weighted by Crippen LogP contribution is 2.39. The Labute approximate surface area is 222 Å². The number of nitrogens with one attached hydrogen (secondary N) is 1. The monoisotopic (exact) mass is 527 g/mol. The number of nitrogens with zero attached hydrogens (tertiary/aromatic N) is 4. The van der Waals surface area contributed by atoms with Crippen LogP contribution in [0.15, 0.2) is 91.1 Å². The van der Waals surface area contributed by atoms with Crippen LogP contribution in [0.4, 0.5) is 23.7 Å². The van der Waals surface area contributed by atoms with Crippen molar-refractivity contribution in [2.45, 2.75) is 25.9 Å². The zero-order chi connectivity index (χ0) is 27.1. The van der Waals surface area contributed by atoms with Gasteiger partial charge in [0.05, 0.1) is 35.3 Å². The largest absolute Gasteiger partial charge is 0.323 e. The number of benzene rings is 3. The zero-order valence-corrected chi connectivity index (χ0v) is 21.0. The minimum atomic E-state index is -0.767. The highest BCUT2D eigenvalue weighted by atomic mass is 19.1. The summed E-state index contributed by atoms with van der Waals surface area (Å²) in [6.07, 6.45) is 2.48. The molecule has 6 rings (SSSR count). The number of amides is 2. The number of hydrogen-bond acceptors (Lipinski definition) is 2. The van der Waals surface area contributed by atoms with Crippen molar-refractivity contribution < 1.29 is 18.0 Å². The van der Waals surface area contributed by atoms with E-state index in [2.05, 4.69) is 5.32 Å². The van der Waals surface area contributed by atoms with Gasteiger partial charge in [-0.15, -0.1) is 0 Å². The van der Waals surface area contributed by atoms with Gasteiger partial charge < -0.3 is 14.8 Å². The predicted octanol–water partition coefficient (Wildman–Crippen LogP) is 6.78. The Morgan fingerprint density at radius 2 is 1.74 bits per heavy atom. The fourth-order valence-corrected chi connectivity index (χ4v) is 5.16. The third-order valence-corrected chi connectivity index (χ3v) is 6.90. The van der Waals surface area contributed by atoms with E-state index in [1.807, 2.05) is 64.8 Å². The van der Waals surface area contributed by atoms with Crippen LogP contribution in [0.2, 0.25) is 0 Å². The Kier molecular flexibility index (Phi) is 6.18. The lowest BCUT2D eigenvalue weighted by atomic mass is 10.0. The molecule has 0 unspecified atom stereocenters. The third-order valence-electron chi connectivity index (χ3n) is 6.90. The Bertz CT molecular complexity index is 1680. The van der Waals surface area contributed by atoms with Gasteiger partial charge >= 0.3 is 6.03 Å². The SMILES string of the molecule is CCc1nn(-c2ccccc2)c2c1CN(C(=O)Nc1cc(F)ccc1F)[C@H](c1cccc(F)c1)c1cccn1-2. The van der Waals surface area contributed by atoms with Gasteiger partial charge in [-0.3, -0.25) is 0 Å². The molecule has 0 radical (unpaired) electrons. The molecule has 0 saturated carbocycles. The fraction of sp³-hybridized carbons (Fsp3) is 0.133. The van der Waals surface area contributed by atoms with Crippen molar-refractivity contribution in [2.24, 2.45) is 0 Å². The van der Waals surface area contributed by atoms with E-state index in [4.69, 9.17) is 5.10 Å². The van der Waals surface area contributed by atoms with Crippen LogP contribution in [0.1, 0.15) is 35.5 Å². The number of para-hydroxylation sites is 1. The maximum Gasteiger partial charge on any atom is 0.323 e. The maximum atomic E-state index is 14.5. The molecule has 1 aliphatic heterocycles. The summed E-state index contributed by atoms with van der Waals surface area (Å²) < 4.78 is 46.7. The standard InChI is InChI=1S/C30H24F3N5O/c1-2-25-23-18-37(30(39)34-26-17-21(32)13-14-24(26)33)28(19-8-6-9-20(31)16-19)27-12-7-15-36(27)29(23)38(35-25)22-10-4-3-5-11-22/h3-17,28H,2,18H2,1H3,(H,34,39)/t28-/m1/s1. The molecular weight excluding hydrogens is 503 g/mol. The molecule has 0 saturated heterocycles. The van der Waals surface area contributed by atoms with Crippen LogP contribution < -0.4 is 5.32 Å². The molecule has 0 spiro atoms. The molecule has 5 aromatic rings. The second-order valence-corrected chi connectivity index (χ2v) is 9.29. The summed E-state index contributed by atoms with van der Waals surface area (Å²) in [6.45, 7) is 2.08. The van der Waals surface area contributed by atoms with E-state index in [1.54, 1.807) is 12.1 Å². The molecular formula is C30H24F3N5O. The summed E-state index contributed by atoms with van der Waals surface area (Å²) in [5.41, 5.74) is 3.36. The van der Waals surface area contributed by atoms with Gasteiger partial charge in [-0.25, -0.2) is 22.6 Å². The number of aryl methyl sites for hydroxylation is 1. The first kappa shape index (κ1) is 24.5. The molecule has 0 fully saturated rings. The molecule has 2 aromatic heterocycles. The minimum absolute atomic E-state index is 0.0942. The molecule has 2 amide bonds. The fourth-order valence-electron chi connectivity index (χ4n) is 5.16. The van der Waals surface area contributed by atoms with Gasteiger partial charge in [0.25, 0.3) is 0 Å².